The Hall–Kier alpha value is -3.08. The van der Waals surface area contributed by atoms with Crippen LogP contribution in [-0.4, -0.2) is 35.4 Å². The normalized spacial score (nSPS) is 20.1. The van der Waals surface area contributed by atoms with Gasteiger partial charge in [-0.1, -0.05) is 75.2 Å². The minimum Gasteiger partial charge on any atom is -0.503 e. The van der Waals surface area contributed by atoms with Crippen molar-refractivity contribution >= 4 is 11.7 Å². The molecule has 1 N–H and O–H groups in total. The number of hydrogen-bond acceptors (Lipinski definition) is 4. The zero-order chi connectivity index (χ0) is 23.6. The van der Waals surface area contributed by atoms with E-state index in [0.29, 0.717) is 12.3 Å². The molecule has 1 atom stereocenters. The van der Waals surface area contributed by atoms with Crippen molar-refractivity contribution in [3.63, 3.8) is 0 Å². The molecular weight excluding hydrogens is 414 g/mol. The lowest BCUT2D eigenvalue weighted by Gasteiger charge is -2.38. The summed E-state index contributed by atoms with van der Waals surface area (Å²) in [6, 6.07) is 17.1. The highest BCUT2D eigenvalue weighted by Gasteiger charge is 2.48. The van der Waals surface area contributed by atoms with E-state index in [9.17, 15) is 14.7 Å². The lowest BCUT2D eigenvalue weighted by atomic mass is 9.78. The molecule has 0 saturated heterocycles. The molecule has 33 heavy (non-hydrogen) atoms. The number of benzene rings is 2. The molecule has 5 nitrogen and oxygen atoms in total. The van der Waals surface area contributed by atoms with Crippen molar-refractivity contribution in [1.82, 2.24) is 4.90 Å². The van der Waals surface area contributed by atoms with E-state index < -0.39 is 17.7 Å². The van der Waals surface area contributed by atoms with Gasteiger partial charge in [0.25, 0.3) is 5.91 Å². The molecule has 0 bridgehead atoms. The summed E-state index contributed by atoms with van der Waals surface area (Å²) in [4.78, 5) is 28.5. The van der Waals surface area contributed by atoms with Crippen LogP contribution in [0.25, 0.3) is 0 Å². The number of nitrogens with zero attached hydrogens (tertiary/aromatic N) is 1. The quantitative estimate of drug-likeness (QED) is 0.579. The van der Waals surface area contributed by atoms with E-state index in [0.717, 1.165) is 31.2 Å². The lowest BCUT2D eigenvalue weighted by molar-refractivity contribution is -0.130. The second-order valence-electron chi connectivity index (χ2n) is 9.71. The molecule has 1 heterocycles. The first kappa shape index (κ1) is 23.1. The van der Waals surface area contributed by atoms with Crippen LogP contribution in [0.5, 0.6) is 5.75 Å². The van der Waals surface area contributed by atoms with Gasteiger partial charge in [-0.2, -0.15) is 0 Å². The van der Waals surface area contributed by atoms with Crippen LogP contribution in [0.2, 0.25) is 0 Å². The lowest BCUT2D eigenvalue weighted by Crippen LogP contribution is -2.42. The molecule has 2 aliphatic rings. The monoisotopic (exact) mass is 447 g/mol. The van der Waals surface area contributed by atoms with Crippen LogP contribution in [0.4, 0.5) is 0 Å². The van der Waals surface area contributed by atoms with Crippen molar-refractivity contribution in [1.29, 1.82) is 0 Å². The van der Waals surface area contributed by atoms with Gasteiger partial charge >= 0.3 is 0 Å². The predicted molar refractivity (Wildman–Crippen MR) is 128 cm³/mol. The van der Waals surface area contributed by atoms with E-state index in [1.165, 1.54) is 5.56 Å². The summed E-state index contributed by atoms with van der Waals surface area (Å²) >= 11 is 0. The topological polar surface area (TPSA) is 66.8 Å². The Morgan fingerprint density at radius 2 is 1.73 bits per heavy atom. The van der Waals surface area contributed by atoms with Gasteiger partial charge in [0, 0.05) is 23.9 Å². The number of methoxy groups -OCH3 is 1. The number of carbonyl (C=O) groups excluding carboxylic acids is 2. The van der Waals surface area contributed by atoms with E-state index in [1.54, 1.807) is 12.0 Å². The number of ketones is 1. The van der Waals surface area contributed by atoms with Crippen LogP contribution in [0.15, 0.2) is 65.9 Å². The summed E-state index contributed by atoms with van der Waals surface area (Å²) in [6.45, 7) is 4.37. The number of aliphatic hydroxyl groups is 1. The van der Waals surface area contributed by atoms with E-state index in [4.69, 9.17) is 4.74 Å². The Balaban J connectivity index is 1.81. The average Bonchev–Trinajstić information content (AvgIpc) is 3.39. The van der Waals surface area contributed by atoms with E-state index in [1.807, 2.05) is 56.3 Å². The maximum Gasteiger partial charge on any atom is 0.290 e. The largest absolute Gasteiger partial charge is 0.503 e. The van der Waals surface area contributed by atoms with Gasteiger partial charge < -0.3 is 14.7 Å². The van der Waals surface area contributed by atoms with Crippen LogP contribution in [0.3, 0.4) is 0 Å². The van der Waals surface area contributed by atoms with Crippen LogP contribution >= 0.6 is 0 Å². The number of aliphatic hydroxyl groups excluding tert-OH is 1. The first-order valence-electron chi connectivity index (χ1n) is 11.8. The molecule has 0 aromatic heterocycles. The molecule has 1 aliphatic heterocycles. The van der Waals surface area contributed by atoms with Crippen molar-refractivity contribution in [2.24, 2.45) is 5.92 Å². The second kappa shape index (κ2) is 9.42. The number of hydrogen-bond donors (Lipinski definition) is 1. The van der Waals surface area contributed by atoms with Gasteiger partial charge in [-0.3, -0.25) is 9.59 Å². The Morgan fingerprint density at radius 3 is 2.36 bits per heavy atom. The predicted octanol–water partition coefficient (Wildman–Crippen LogP) is 5.52. The fourth-order valence-electron chi connectivity index (χ4n) is 5.51. The Bertz CT molecular complexity index is 1050. The van der Waals surface area contributed by atoms with Crippen LogP contribution < -0.4 is 4.74 Å². The fourth-order valence-corrected chi connectivity index (χ4v) is 5.51. The Kier molecular flexibility index (Phi) is 6.59. The summed E-state index contributed by atoms with van der Waals surface area (Å²) in [6.07, 6.45) is 4.39. The van der Waals surface area contributed by atoms with E-state index in [2.05, 4.69) is 12.1 Å². The number of para-hydroxylation sites is 1. The van der Waals surface area contributed by atoms with Crippen molar-refractivity contribution in [2.75, 3.05) is 13.7 Å². The van der Waals surface area contributed by atoms with Crippen molar-refractivity contribution < 1.29 is 19.4 Å². The highest BCUT2D eigenvalue weighted by atomic mass is 16.5. The molecule has 1 saturated carbocycles. The maximum absolute atomic E-state index is 13.5. The summed E-state index contributed by atoms with van der Waals surface area (Å²) < 4.78 is 5.61. The molecule has 0 spiro atoms. The fraction of sp³-hybridized carbons (Fsp3) is 0.429. The van der Waals surface area contributed by atoms with E-state index in [-0.39, 0.29) is 29.1 Å². The third-order valence-electron chi connectivity index (χ3n) is 7.05. The standard InChI is InChI=1S/C28H33NO4/c1-19(2)17-22(30)24-25(21-13-7-8-14-23(21)33-3)29(27(32)26(24)31)18-28(15-9-10-16-28)20-11-5-4-6-12-20/h4-8,11-14,19,25,31H,9-10,15-18H2,1-3H3. The van der Waals surface area contributed by atoms with Gasteiger partial charge in [0.05, 0.1) is 18.7 Å². The number of rotatable bonds is 8. The van der Waals surface area contributed by atoms with E-state index >= 15 is 0 Å². The number of carbonyl (C=O) groups is 2. The first-order valence-corrected chi connectivity index (χ1v) is 11.8. The molecule has 2 aromatic carbocycles. The van der Waals surface area contributed by atoms with Crippen molar-refractivity contribution in [3.05, 3.63) is 77.1 Å². The van der Waals surface area contributed by atoms with Crippen molar-refractivity contribution in [3.8, 4) is 5.75 Å². The molecule has 174 valence electrons. The molecule has 0 radical (unpaired) electrons. The second-order valence-corrected chi connectivity index (χ2v) is 9.71. The van der Waals surface area contributed by atoms with Gasteiger partial charge in [-0.15, -0.1) is 0 Å². The molecule has 2 aromatic rings. The highest BCUT2D eigenvalue weighted by molar-refractivity contribution is 6.09. The molecular formula is C28H33NO4. The number of ether oxygens (including phenoxy) is 1. The van der Waals surface area contributed by atoms with Gasteiger partial charge in [0.15, 0.2) is 11.5 Å². The summed E-state index contributed by atoms with van der Waals surface area (Å²) in [5, 5.41) is 11.0. The number of amides is 1. The van der Waals surface area contributed by atoms with Crippen molar-refractivity contribution in [2.45, 2.75) is 57.4 Å². The first-order chi connectivity index (χ1) is 15.9. The minimum atomic E-state index is -0.666. The average molecular weight is 448 g/mol. The zero-order valence-electron chi connectivity index (χ0n) is 19.7. The Morgan fingerprint density at radius 1 is 1.09 bits per heavy atom. The maximum atomic E-state index is 13.5. The number of Topliss-reactive ketones (excluding diaryl/α,β-unsaturated/α-hetero) is 1. The third-order valence-corrected chi connectivity index (χ3v) is 7.05. The zero-order valence-corrected chi connectivity index (χ0v) is 19.7. The van der Waals surface area contributed by atoms with Crippen LogP contribution in [0.1, 0.15) is 63.1 Å². The highest BCUT2D eigenvalue weighted by Crippen LogP contribution is 2.47. The molecule has 1 aliphatic carbocycles. The molecule has 1 amide bonds. The Labute approximate surface area is 196 Å². The van der Waals surface area contributed by atoms with Crippen LogP contribution in [-0.2, 0) is 15.0 Å². The molecule has 1 fully saturated rings. The molecule has 1 unspecified atom stereocenters. The van der Waals surface area contributed by atoms with Gasteiger partial charge in [0.2, 0.25) is 0 Å². The van der Waals surface area contributed by atoms with Gasteiger partial charge in [0.1, 0.15) is 5.75 Å². The van der Waals surface area contributed by atoms with Gasteiger partial charge in [-0.05, 0) is 30.4 Å². The molecule has 5 heteroatoms. The SMILES string of the molecule is COc1ccccc1C1C(C(=O)CC(C)C)=C(O)C(=O)N1CC1(c2ccccc2)CCCC1. The van der Waals surface area contributed by atoms with Crippen LogP contribution in [0, 0.1) is 5.92 Å². The smallest absolute Gasteiger partial charge is 0.290 e. The summed E-state index contributed by atoms with van der Waals surface area (Å²) in [7, 11) is 1.58. The molecule has 4 rings (SSSR count). The minimum absolute atomic E-state index is 0.116. The van der Waals surface area contributed by atoms with Gasteiger partial charge in [-0.25, -0.2) is 0 Å². The summed E-state index contributed by atoms with van der Waals surface area (Å²) in [5.41, 5.74) is 1.93. The third kappa shape index (κ3) is 4.29. The summed E-state index contributed by atoms with van der Waals surface area (Å²) in [5.74, 6) is -0.358.